The van der Waals surface area contributed by atoms with Gasteiger partial charge >= 0.3 is 5.76 Å². The van der Waals surface area contributed by atoms with E-state index in [4.69, 9.17) is 31.9 Å². The molecule has 0 saturated heterocycles. The third-order valence-corrected chi connectivity index (χ3v) is 4.41. The molecule has 3 aromatic rings. The van der Waals surface area contributed by atoms with Crippen LogP contribution in [0.5, 0.6) is 11.5 Å². The number of hydrogen-bond acceptors (Lipinski definition) is 5. The van der Waals surface area contributed by atoms with Gasteiger partial charge in [-0.05, 0) is 29.3 Å². The fourth-order valence-electron chi connectivity index (χ4n) is 2.67. The summed E-state index contributed by atoms with van der Waals surface area (Å²) in [5, 5.41) is 4.55. The zero-order valence-corrected chi connectivity index (χ0v) is 16.0. The minimum absolute atomic E-state index is 0.104. The van der Waals surface area contributed by atoms with Gasteiger partial charge in [0.25, 0.3) is 0 Å². The van der Waals surface area contributed by atoms with Crippen LogP contribution in [0.3, 0.4) is 0 Å². The largest absolute Gasteiger partial charge is 0.493 e. The average molecular weight is 397 g/mol. The van der Waals surface area contributed by atoms with Crippen molar-refractivity contribution in [3.63, 3.8) is 0 Å². The van der Waals surface area contributed by atoms with Gasteiger partial charge in [0.1, 0.15) is 6.04 Å². The molecule has 0 saturated carbocycles. The quantitative estimate of drug-likeness (QED) is 0.591. The summed E-state index contributed by atoms with van der Waals surface area (Å²) >= 11 is 6.35. The summed E-state index contributed by atoms with van der Waals surface area (Å²) in [7, 11) is 3.03. The minimum atomic E-state index is -0.663. The molecule has 1 atom stereocenters. The number of nitrogens with zero attached hydrogens (tertiary/aromatic N) is 2. The normalized spacial score (nSPS) is 11.9. The highest BCUT2D eigenvalue weighted by atomic mass is 35.5. The molecule has 0 aliphatic heterocycles. The minimum Gasteiger partial charge on any atom is -0.493 e. The molecule has 28 heavy (non-hydrogen) atoms. The first-order valence-electron chi connectivity index (χ1n) is 8.28. The fraction of sp³-hybridized carbons (Fsp3) is 0.143. The number of benzene rings is 2. The van der Waals surface area contributed by atoms with Gasteiger partial charge in [0.2, 0.25) is 5.89 Å². The molecular formula is C21H17ClN2O4. The van der Waals surface area contributed by atoms with E-state index in [9.17, 15) is 4.79 Å². The molecule has 0 bridgehead atoms. The summed E-state index contributed by atoms with van der Waals surface area (Å²) in [5.41, 5.74) is 1.41. The van der Waals surface area contributed by atoms with Crippen LogP contribution in [0.2, 0.25) is 5.02 Å². The maximum absolute atomic E-state index is 12.2. The summed E-state index contributed by atoms with van der Waals surface area (Å²) in [4.78, 5) is 12.2. The van der Waals surface area contributed by atoms with Crippen molar-refractivity contribution < 1.29 is 13.9 Å². The molecule has 0 fully saturated rings. The summed E-state index contributed by atoms with van der Waals surface area (Å²) in [6.07, 6.45) is 8.80. The lowest BCUT2D eigenvalue weighted by atomic mass is 10.1. The van der Waals surface area contributed by atoms with E-state index in [2.05, 4.69) is 11.0 Å². The van der Waals surface area contributed by atoms with Gasteiger partial charge in [0.05, 0.1) is 19.2 Å². The Labute approximate surface area is 167 Å². The second kappa shape index (κ2) is 8.51. The Kier molecular flexibility index (Phi) is 5.87. The van der Waals surface area contributed by atoms with Crippen LogP contribution < -0.4 is 15.2 Å². The average Bonchev–Trinajstić information content (AvgIpc) is 3.08. The van der Waals surface area contributed by atoms with Gasteiger partial charge < -0.3 is 13.9 Å². The topological polar surface area (TPSA) is 66.5 Å². The molecule has 0 amide bonds. The number of aromatic nitrogens is 2. The van der Waals surface area contributed by atoms with Crippen molar-refractivity contribution in [3.8, 4) is 23.8 Å². The van der Waals surface area contributed by atoms with E-state index in [1.807, 2.05) is 30.3 Å². The predicted octanol–water partition coefficient (Wildman–Crippen LogP) is 3.90. The van der Waals surface area contributed by atoms with Crippen LogP contribution in [0.15, 0.2) is 51.7 Å². The Morgan fingerprint density at radius 2 is 1.93 bits per heavy atom. The van der Waals surface area contributed by atoms with Crippen LogP contribution in [-0.2, 0) is 0 Å². The van der Waals surface area contributed by atoms with Gasteiger partial charge in [-0.25, -0.2) is 4.79 Å². The van der Waals surface area contributed by atoms with Gasteiger partial charge in [0.15, 0.2) is 11.5 Å². The lowest BCUT2D eigenvalue weighted by Crippen LogP contribution is -2.21. The number of hydrogen-bond donors (Lipinski definition) is 0. The summed E-state index contributed by atoms with van der Waals surface area (Å²) in [5.74, 6) is 2.95. The molecule has 6 nitrogen and oxygen atoms in total. The van der Waals surface area contributed by atoms with Crippen LogP contribution in [0.25, 0.3) is 12.2 Å². The smallest absolute Gasteiger partial charge is 0.438 e. The number of ether oxygens (including phenoxy) is 2. The van der Waals surface area contributed by atoms with Crippen LogP contribution in [0, 0.1) is 12.3 Å². The van der Waals surface area contributed by atoms with Gasteiger partial charge in [-0.15, -0.1) is 11.5 Å². The molecule has 0 radical (unpaired) electrons. The second-order valence-electron chi connectivity index (χ2n) is 5.67. The summed E-state index contributed by atoms with van der Waals surface area (Å²) < 4.78 is 16.8. The van der Waals surface area contributed by atoms with Crippen molar-refractivity contribution >= 4 is 23.8 Å². The Morgan fingerprint density at radius 1 is 1.18 bits per heavy atom. The number of terminal acetylenes is 1. The molecule has 142 valence electrons. The molecule has 0 aliphatic carbocycles. The van der Waals surface area contributed by atoms with Crippen LogP contribution >= 0.6 is 11.6 Å². The van der Waals surface area contributed by atoms with Crippen molar-refractivity contribution in [3.05, 3.63) is 75.1 Å². The Hall–Kier alpha value is -3.43. The fourth-order valence-corrected chi connectivity index (χ4v) is 2.97. The highest BCUT2D eigenvalue weighted by Crippen LogP contribution is 2.37. The van der Waals surface area contributed by atoms with Gasteiger partial charge in [0, 0.05) is 6.08 Å². The van der Waals surface area contributed by atoms with Crippen molar-refractivity contribution in [1.82, 2.24) is 9.78 Å². The summed E-state index contributed by atoms with van der Waals surface area (Å²) in [6.45, 7) is 0. The molecule has 7 heteroatoms. The van der Waals surface area contributed by atoms with E-state index >= 15 is 0 Å². The molecule has 1 heterocycles. The van der Waals surface area contributed by atoms with Gasteiger partial charge in [-0.1, -0.05) is 47.9 Å². The highest BCUT2D eigenvalue weighted by molar-refractivity contribution is 6.33. The van der Waals surface area contributed by atoms with Crippen molar-refractivity contribution in [1.29, 1.82) is 0 Å². The molecule has 1 aromatic heterocycles. The van der Waals surface area contributed by atoms with Crippen LogP contribution in [0.4, 0.5) is 0 Å². The number of methoxy groups -OCH3 is 2. The van der Waals surface area contributed by atoms with Crippen LogP contribution in [0.1, 0.15) is 23.1 Å². The lowest BCUT2D eigenvalue weighted by molar-refractivity contribution is 0.355. The van der Waals surface area contributed by atoms with Crippen molar-refractivity contribution in [2.24, 2.45) is 0 Å². The van der Waals surface area contributed by atoms with E-state index in [0.717, 1.165) is 10.2 Å². The third kappa shape index (κ3) is 3.80. The van der Waals surface area contributed by atoms with Gasteiger partial charge in [-0.2, -0.15) is 4.68 Å². The Morgan fingerprint density at radius 3 is 2.57 bits per heavy atom. The number of rotatable bonds is 6. The van der Waals surface area contributed by atoms with E-state index in [-0.39, 0.29) is 5.89 Å². The maximum atomic E-state index is 12.2. The van der Waals surface area contributed by atoms with Crippen molar-refractivity contribution in [2.45, 2.75) is 6.04 Å². The molecular weight excluding hydrogens is 380 g/mol. The molecule has 1 unspecified atom stereocenters. The lowest BCUT2D eigenvalue weighted by Gasteiger charge is -2.10. The highest BCUT2D eigenvalue weighted by Gasteiger charge is 2.17. The Balaban J connectivity index is 1.92. The van der Waals surface area contributed by atoms with E-state index in [1.54, 1.807) is 18.2 Å². The molecule has 0 aliphatic rings. The van der Waals surface area contributed by atoms with Crippen LogP contribution in [-0.4, -0.2) is 24.0 Å². The number of halogens is 1. The predicted molar refractivity (Wildman–Crippen MR) is 108 cm³/mol. The third-order valence-electron chi connectivity index (χ3n) is 4.02. The zero-order valence-electron chi connectivity index (χ0n) is 15.3. The summed E-state index contributed by atoms with van der Waals surface area (Å²) in [6, 6.07) is 12.0. The van der Waals surface area contributed by atoms with E-state index < -0.39 is 11.8 Å². The van der Waals surface area contributed by atoms with Gasteiger partial charge in [-0.3, -0.25) is 0 Å². The molecule has 0 spiro atoms. The SMILES string of the molecule is C#CC(c1ccccc1)n1nc(C=Cc2ccc(OC)c(OC)c2Cl)oc1=O. The molecule has 3 rings (SSSR count). The first-order valence-corrected chi connectivity index (χ1v) is 8.66. The van der Waals surface area contributed by atoms with E-state index in [1.165, 1.54) is 20.3 Å². The van der Waals surface area contributed by atoms with E-state index in [0.29, 0.717) is 22.1 Å². The zero-order chi connectivity index (χ0) is 20.1. The first-order chi connectivity index (χ1) is 13.6. The van der Waals surface area contributed by atoms with Crippen molar-refractivity contribution in [2.75, 3.05) is 14.2 Å². The maximum Gasteiger partial charge on any atom is 0.438 e. The molecule has 0 N–H and O–H groups in total. The monoisotopic (exact) mass is 396 g/mol. The second-order valence-corrected chi connectivity index (χ2v) is 6.05. The first kappa shape index (κ1) is 19.3. The Bertz CT molecular complexity index is 1090. The standard InChI is InChI=1S/C21H17ClN2O4/c1-4-16(14-8-6-5-7-9-14)24-21(25)28-18(23-24)13-11-15-10-12-17(26-2)20(27-3)19(15)22/h1,5-13,16H,2-3H3. The molecule has 2 aromatic carbocycles.